The minimum atomic E-state index is 0. The van der Waals surface area contributed by atoms with Gasteiger partial charge in [-0.3, -0.25) is 0 Å². The molecule has 0 heterocycles. The van der Waals surface area contributed by atoms with Crippen molar-refractivity contribution in [2.75, 3.05) is 6.61 Å². The van der Waals surface area contributed by atoms with Crippen molar-refractivity contribution in [3.05, 3.63) is 0 Å². The van der Waals surface area contributed by atoms with Gasteiger partial charge in [-0.25, -0.2) is 0 Å². The van der Waals surface area contributed by atoms with Crippen LogP contribution in [0.3, 0.4) is 0 Å². The smallest absolute Gasteiger partial charge is 0.0402 e. The largest absolute Gasteiger partial charge is 0.397 e. The summed E-state index contributed by atoms with van der Waals surface area (Å²) in [5, 5.41) is 7.57. The van der Waals surface area contributed by atoms with E-state index in [1.807, 2.05) is 0 Å². The molecule has 1 nitrogen and oxygen atoms in total. The molecule has 1 N–H and O–H groups in total. The molecule has 0 radical (unpaired) electrons. The Bertz CT molecular complexity index is 9.61. The zero-order chi connectivity index (χ0) is 2.71. The van der Waals surface area contributed by atoms with Gasteiger partial charge in [0.15, 0.2) is 0 Å². The average Bonchev–Trinajstić information content (AvgIpc) is 0.918. The normalized spacial score (nSPS) is 3.60. The Balaban J connectivity index is -0.0000000200. The number of hydrogen-bond acceptors (Lipinski definition) is 1. The minimum absolute atomic E-state index is 0. The van der Waals surface area contributed by atoms with Crippen LogP contribution in [0.2, 0.25) is 0 Å². The molecule has 0 aliphatic carbocycles. The first-order valence-corrected chi connectivity index (χ1v) is 1.02. The third kappa shape index (κ3) is 61.8. The van der Waals surface area contributed by atoms with Gasteiger partial charge in [-0.2, -0.15) is 0 Å². The molecule has 0 amide bonds. The van der Waals surface area contributed by atoms with Crippen molar-refractivity contribution >= 4 is 12.4 Å². The van der Waals surface area contributed by atoms with Gasteiger partial charge in [0.25, 0.3) is 0 Å². The van der Waals surface area contributed by atoms with Gasteiger partial charge in [-0.15, -0.1) is 12.4 Å². The maximum absolute atomic E-state index is 7.57. The fraction of sp³-hybridized carbons (Fsp3) is 1.00. The molecule has 36 valence electrons. The van der Waals surface area contributed by atoms with Crippen molar-refractivity contribution in [3.63, 3.8) is 0 Å². The molecule has 0 saturated heterocycles. The van der Waals surface area contributed by atoms with E-state index in [1.54, 1.807) is 6.92 Å². The van der Waals surface area contributed by atoms with Crippen LogP contribution < -0.4 is 0 Å². The van der Waals surface area contributed by atoms with Crippen LogP contribution in [-0.4, -0.2) is 11.7 Å². The summed E-state index contributed by atoms with van der Waals surface area (Å²) in [4.78, 5) is 0. The summed E-state index contributed by atoms with van der Waals surface area (Å²) in [5.74, 6) is 0. The molecule has 0 fully saturated rings. The first-order chi connectivity index (χ1) is 1.41. The topological polar surface area (TPSA) is 20.2 Å². The Kier molecular flexibility index (Phi) is 74.1. The van der Waals surface area contributed by atoms with Crippen LogP contribution in [0.5, 0.6) is 0 Å². The van der Waals surface area contributed by atoms with Crippen molar-refractivity contribution in [2.45, 2.75) is 6.92 Å². The molecule has 0 bridgehead atoms. The third-order valence-electron chi connectivity index (χ3n) is 0. The van der Waals surface area contributed by atoms with Crippen LogP contribution >= 0.6 is 12.4 Å². The van der Waals surface area contributed by atoms with Crippen LogP contribution in [0.4, 0.5) is 0 Å². The third-order valence-corrected chi connectivity index (χ3v) is 0. The van der Waals surface area contributed by atoms with E-state index in [2.05, 4.69) is 0 Å². The van der Waals surface area contributed by atoms with E-state index in [1.165, 1.54) is 0 Å². The predicted molar refractivity (Wildman–Crippen MR) is 20.0 cm³/mol. The van der Waals surface area contributed by atoms with Crippen molar-refractivity contribution in [1.82, 2.24) is 0 Å². The Labute approximate surface area is 48.6 Å². The molecule has 5 heavy (non-hydrogen) atoms. The summed E-state index contributed by atoms with van der Waals surface area (Å²) in [7, 11) is 0. The Hall–Kier alpha value is 0.769. The minimum Gasteiger partial charge on any atom is -0.397 e. The first kappa shape index (κ1) is 17.1. The number of aliphatic hydroxyl groups excluding tert-OH is 1. The zero-order valence-electron chi connectivity index (χ0n) is 2.92. The first-order valence-electron chi connectivity index (χ1n) is 1.02. The van der Waals surface area contributed by atoms with Crippen LogP contribution in [0.15, 0.2) is 0 Å². The molecule has 0 aliphatic heterocycles. The van der Waals surface area contributed by atoms with Gasteiger partial charge in [-0.1, -0.05) is 0 Å². The van der Waals surface area contributed by atoms with Gasteiger partial charge in [0, 0.05) is 23.7 Å². The molecule has 0 aromatic rings. The molecule has 0 saturated carbocycles. The Morgan fingerprint density at radius 2 is 1.60 bits per heavy atom. The van der Waals surface area contributed by atoms with Gasteiger partial charge >= 0.3 is 0 Å². The molecule has 3 heteroatoms. The van der Waals surface area contributed by atoms with E-state index < -0.39 is 0 Å². The summed E-state index contributed by atoms with van der Waals surface area (Å²) in [6, 6.07) is 0. The maximum Gasteiger partial charge on any atom is 0.0402 e. The van der Waals surface area contributed by atoms with Crippen LogP contribution in [0.25, 0.3) is 0 Å². The van der Waals surface area contributed by atoms with Crippen LogP contribution in [0.1, 0.15) is 6.92 Å². The second-order valence-electron chi connectivity index (χ2n) is 0.316. The maximum atomic E-state index is 7.57. The second-order valence-corrected chi connectivity index (χ2v) is 0.316. The number of aliphatic hydroxyl groups is 1. The molecule has 0 rings (SSSR count). The second kappa shape index (κ2) is 21.6. The molecular weight excluding hydrogens is 131 g/mol. The van der Waals surface area contributed by atoms with Crippen LogP contribution in [-0.2, 0) is 17.1 Å². The van der Waals surface area contributed by atoms with Crippen LogP contribution in [0, 0.1) is 0 Å². The molecule has 0 aromatic heterocycles. The van der Waals surface area contributed by atoms with E-state index in [9.17, 15) is 0 Å². The Morgan fingerprint density at radius 1 is 1.60 bits per heavy atom. The van der Waals surface area contributed by atoms with Crippen molar-refractivity contribution in [1.29, 1.82) is 0 Å². The molecule has 0 spiro atoms. The number of rotatable bonds is 0. The fourth-order valence-electron chi connectivity index (χ4n) is 0. The van der Waals surface area contributed by atoms with E-state index in [-0.39, 0.29) is 36.1 Å². The fourth-order valence-corrected chi connectivity index (χ4v) is 0. The van der Waals surface area contributed by atoms with Gasteiger partial charge in [0.2, 0.25) is 0 Å². The van der Waals surface area contributed by atoms with E-state index in [4.69, 9.17) is 5.11 Å². The zero-order valence-corrected chi connectivity index (χ0v) is 4.84. The predicted octanol–water partition coefficient (Wildman–Crippen LogP) is 0.418. The molecular formula is C2H7ClFeO. The average molecular weight is 138 g/mol. The van der Waals surface area contributed by atoms with Crippen molar-refractivity contribution < 1.29 is 22.2 Å². The van der Waals surface area contributed by atoms with Gasteiger partial charge in [-0.05, 0) is 6.92 Å². The summed E-state index contributed by atoms with van der Waals surface area (Å²) >= 11 is 0. The quantitative estimate of drug-likeness (QED) is 0.481. The van der Waals surface area contributed by atoms with E-state index in [0.717, 1.165) is 0 Å². The summed E-state index contributed by atoms with van der Waals surface area (Å²) < 4.78 is 0. The van der Waals surface area contributed by atoms with Crippen molar-refractivity contribution in [2.24, 2.45) is 0 Å². The number of hydrogen-bond donors (Lipinski definition) is 1. The summed E-state index contributed by atoms with van der Waals surface area (Å²) in [6.07, 6.45) is 0. The SMILES string of the molecule is CCO.Cl.[Fe]. The van der Waals surface area contributed by atoms with Gasteiger partial charge < -0.3 is 5.11 Å². The molecule has 0 atom stereocenters. The van der Waals surface area contributed by atoms with E-state index in [0.29, 0.717) is 0 Å². The van der Waals surface area contributed by atoms with Gasteiger partial charge in [0.1, 0.15) is 0 Å². The molecule has 0 aliphatic rings. The van der Waals surface area contributed by atoms with E-state index >= 15 is 0 Å². The molecule has 0 unspecified atom stereocenters. The Morgan fingerprint density at radius 3 is 1.60 bits per heavy atom. The standard InChI is InChI=1S/C2H6O.ClH.Fe/c1-2-3;;/h3H,2H2,1H3;1H;. The summed E-state index contributed by atoms with van der Waals surface area (Å²) in [5.41, 5.74) is 0. The van der Waals surface area contributed by atoms with Gasteiger partial charge in [0.05, 0.1) is 0 Å². The van der Waals surface area contributed by atoms with Crippen molar-refractivity contribution in [3.8, 4) is 0 Å². The number of halogens is 1. The monoisotopic (exact) mass is 138 g/mol. The molecule has 0 aromatic carbocycles. The summed E-state index contributed by atoms with van der Waals surface area (Å²) in [6.45, 7) is 1.93.